The predicted octanol–water partition coefficient (Wildman–Crippen LogP) is -1.49. The summed E-state index contributed by atoms with van der Waals surface area (Å²) in [5.41, 5.74) is 0. The molecule has 2 heteroatoms. The minimum atomic E-state index is 0. The third-order valence-corrected chi connectivity index (χ3v) is 2.94. The van der Waals surface area contributed by atoms with Crippen LogP contribution in [0.3, 0.4) is 0 Å². The van der Waals surface area contributed by atoms with E-state index < -0.39 is 0 Å². The van der Waals surface area contributed by atoms with Crippen molar-refractivity contribution in [3.63, 3.8) is 0 Å². The van der Waals surface area contributed by atoms with E-state index in [9.17, 15) is 0 Å². The molecule has 0 unspecified atom stereocenters. The van der Waals surface area contributed by atoms with E-state index in [1.807, 2.05) is 0 Å². The Balaban J connectivity index is 0.000000250. The van der Waals surface area contributed by atoms with Crippen molar-refractivity contribution in [2.24, 2.45) is 0 Å². The third-order valence-electron chi connectivity index (χ3n) is 1.22. The van der Waals surface area contributed by atoms with E-state index in [1.165, 1.54) is 10.9 Å². The van der Waals surface area contributed by atoms with Crippen LogP contribution in [0.1, 0.15) is 19.3 Å². The molecule has 1 saturated carbocycles. The summed E-state index contributed by atoms with van der Waals surface area (Å²) < 4.78 is 1.19. The van der Waals surface area contributed by atoms with E-state index in [4.69, 9.17) is 0 Å². The van der Waals surface area contributed by atoms with E-state index in [2.05, 4.69) is 0 Å². The average Bonchev–Trinajstić information content (AvgIpc) is 1.30. The maximum atomic E-state index is 1.54. The van der Waals surface area contributed by atoms with Gasteiger partial charge in [-0.05, 0) is 0 Å². The molecular weight excluding hydrogens is 149 g/mol. The van der Waals surface area contributed by atoms with Gasteiger partial charge < -0.3 is 12.4 Å². The van der Waals surface area contributed by atoms with Gasteiger partial charge in [0.1, 0.15) is 0 Å². The quantitative estimate of drug-likeness (QED) is 0.375. The fourth-order valence-corrected chi connectivity index (χ4v) is 1.70. The van der Waals surface area contributed by atoms with E-state index in [-0.39, 0.29) is 12.4 Å². The number of rotatable bonds is 0. The maximum absolute atomic E-state index is 1.54. The topological polar surface area (TPSA) is 0 Å². The van der Waals surface area contributed by atoms with Crippen LogP contribution in [0.25, 0.3) is 0 Å². The number of halogens is 1. The van der Waals surface area contributed by atoms with Crippen molar-refractivity contribution in [2.45, 2.75) is 23.8 Å². The zero-order chi connectivity index (χ0) is 3.70. The molecule has 0 bridgehead atoms. The van der Waals surface area contributed by atoms with Crippen LogP contribution in [0.2, 0.25) is 4.51 Å². The summed E-state index contributed by atoms with van der Waals surface area (Å²) in [6.45, 7) is 0. The van der Waals surface area contributed by atoms with Crippen LogP contribution >= 0.6 is 0 Å². The molecule has 1 fully saturated rings. The predicted molar refractivity (Wildman–Crippen MR) is 17.6 cm³/mol. The van der Waals surface area contributed by atoms with Crippen LogP contribution in [0.15, 0.2) is 0 Å². The molecule has 0 nitrogen and oxygen atoms in total. The number of hydrogen-bond acceptors (Lipinski definition) is 0. The van der Waals surface area contributed by atoms with Gasteiger partial charge in [-0.1, -0.05) is 0 Å². The Morgan fingerprint density at radius 1 is 1.33 bits per heavy atom. The van der Waals surface area contributed by atoms with Gasteiger partial charge >= 0.3 is 42.1 Å². The Hall–Kier alpha value is 0.913. The molecule has 0 heterocycles. The van der Waals surface area contributed by atoms with Crippen molar-refractivity contribution in [3.05, 3.63) is 0 Å². The first kappa shape index (κ1) is 6.91. The second-order valence-corrected chi connectivity index (χ2v) is 4.22. The van der Waals surface area contributed by atoms with Crippen molar-refractivity contribution in [1.29, 1.82) is 0 Å². The van der Waals surface area contributed by atoms with Crippen molar-refractivity contribution in [1.82, 2.24) is 0 Å². The van der Waals surface area contributed by atoms with E-state index in [1.54, 1.807) is 31.1 Å². The summed E-state index contributed by atoms with van der Waals surface area (Å²) in [5.74, 6) is 0. The molecule has 32 valence electrons. The Morgan fingerprint density at radius 3 is 1.67 bits per heavy atom. The SMILES string of the molecule is [Cl-].[Zn+][CH]1CCC1. The average molecular weight is 156 g/mol. The minimum absolute atomic E-state index is 0. The molecule has 0 amide bonds. The van der Waals surface area contributed by atoms with Crippen LogP contribution in [-0.4, -0.2) is 0 Å². The van der Waals surface area contributed by atoms with Gasteiger partial charge in [-0.3, -0.25) is 0 Å². The fourth-order valence-electron chi connectivity index (χ4n) is 0.493. The van der Waals surface area contributed by atoms with Crippen molar-refractivity contribution < 1.29 is 30.7 Å². The molecule has 1 aliphatic rings. The zero-order valence-corrected chi connectivity index (χ0v) is 7.51. The first-order valence-corrected chi connectivity index (χ1v) is 3.94. The summed E-state index contributed by atoms with van der Waals surface area (Å²) in [6.07, 6.45) is 4.60. The van der Waals surface area contributed by atoms with E-state index in [0.717, 1.165) is 0 Å². The van der Waals surface area contributed by atoms with Crippen LogP contribution in [-0.2, 0) is 18.3 Å². The Labute approximate surface area is 54.8 Å². The fraction of sp³-hybridized carbons (Fsp3) is 1.00. The molecule has 0 saturated heterocycles. The summed E-state index contributed by atoms with van der Waals surface area (Å²) in [7, 11) is 0. The number of hydrogen-bond donors (Lipinski definition) is 0. The van der Waals surface area contributed by atoms with E-state index in [0.29, 0.717) is 0 Å². The first-order chi connectivity index (χ1) is 2.39. The molecule has 1 aliphatic carbocycles. The van der Waals surface area contributed by atoms with Gasteiger partial charge in [0.2, 0.25) is 0 Å². The Bertz CT molecular complexity index is 34.5. The van der Waals surface area contributed by atoms with Crippen molar-refractivity contribution in [2.75, 3.05) is 0 Å². The molecule has 0 spiro atoms. The summed E-state index contributed by atoms with van der Waals surface area (Å²) >= 11 is 1.54. The third kappa shape index (κ3) is 1.57. The molecule has 0 aliphatic heterocycles. The van der Waals surface area contributed by atoms with Gasteiger partial charge in [0, 0.05) is 0 Å². The van der Waals surface area contributed by atoms with E-state index >= 15 is 0 Å². The van der Waals surface area contributed by atoms with Gasteiger partial charge in [0.05, 0.1) is 0 Å². The van der Waals surface area contributed by atoms with Gasteiger partial charge in [-0.2, -0.15) is 0 Å². The molecule has 0 aromatic carbocycles. The Morgan fingerprint density at radius 2 is 1.67 bits per heavy atom. The summed E-state index contributed by atoms with van der Waals surface area (Å²) in [6, 6.07) is 0. The van der Waals surface area contributed by atoms with Gasteiger partial charge in [0.15, 0.2) is 0 Å². The summed E-state index contributed by atoms with van der Waals surface area (Å²) in [5, 5.41) is 0. The van der Waals surface area contributed by atoms with Crippen LogP contribution < -0.4 is 12.4 Å². The van der Waals surface area contributed by atoms with Crippen LogP contribution in [0.4, 0.5) is 0 Å². The van der Waals surface area contributed by atoms with Crippen molar-refractivity contribution in [3.8, 4) is 0 Å². The second kappa shape index (κ2) is 2.99. The van der Waals surface area contributed by atoms with Gasteiger partial charge in [0.25, 0.3) is 0 Å². The molecule has 0 N–H and O–H groups in total. The van der Waals surface area contributed by atoms with Crippen LogP contribution in [0.5, 0.6) is 0 Å². The molecular formula is C4H7ClZn. The van der Waals surface area contributed by atoms with Crippen LogP contribution in [0, 0.1) is 0 Å². The standard InChI is InChI=1S/C4H7.ClH.Zn/c1-2-4-3-1;;/h1H,2-4H2;1H;/q;;+1/p-1. The van der Waals surface area contributed by atoms with Gasteiger partial charge in [-0.25, -0.2) is 0 Å². The second-order valence-electron chi connectivity index (χ2n) is 1.80. The first-order valence-electron chi connectivity index (χ1n) is 2.22. The molecule has 1 rings (SSSR count). The normalized spacial score (nSPS) is 21.7. The van der Waals surface area contributed by atoms with Gasteiger partial charge in [-0.15, -0.1) is 0 Å². The molecule has 0 aromatic heterocycles. The molecule has 0 atom stereocenters. The zero-order valence-electron chi connectivity index (χ0n) is 3.78. The Kier molecular flexibility index (Phi) is 3.44. The molecule has 0 radical (unpaired) electrons. The van der Waals surface area contributed by atoms with Crippen molar-refractivity contribution >= 4 is 0 Å². The summed E-state index contributed by atoms with van der Waals surface area (Å²) in [4.78, 5) is 0. The molecule has 0 aromatic rings. The monoisotopic (exact) mass is 154 g/mol. The molecule has 6 heavy (non-hydrogen) atoms.